The molecule has 2 aromatic rings. The average Bonchev–Trinajstić information content (AvgIpc) is 2.75. The van der Waals surface area contributed by atoms with Gasteiger partial charge < -0.3 is 15.4 Å². The molecule has 0 radical (unpaired) electrons. The standard InChI is InChI=1S/C20H18N6O2/c1-28-17-9-7-16(8-10-17)24-14-25-18(11-21)19(12-22)26-20(27)23-13-15-5-3-2-4-6-15/h2-10,14H,13H2,1H3,(H,24,25)(H2,23,26,27)/b19-18-. The van der Waals surface area contributed by atoms with Crippen LogP contribution in [0.3, 0.4) is 0 Å². The predicted octanol–water partition coefficient (Wildman–Crippen LogP) is 2.89. The van der Waals surface area contributed by atoms with Crippen molar-refractivity contribution in [1.29, 1.82) is 10.5 Å². The molecule has 8 nitrogen and oxygen atoms in total. The second-order valence-corrected chi connectivity index (χ2v) is 5.37. The van der Waals surface area contributed by atoms with Crippen LogP contribution in [0.4, 0.5) is 10.5 Å². The van der Waals surface area contributed by atoms with E-state index in [2.05, 4.69) is 20.9 Å². The summed E-state index contributed by atoms with van der Waals surface area (Å²) < 4.78 is 5.07. The summed E-state index contributed by atoms with van der Waals surface area (Å²) in [6.07, 6.45) is 1.27. The van der Waals surface area contributed by atoms with Crippen molar-refractivity contribution in [3.8, 4) is 17.9 Å². The molecule has 0 heterocycles. The van der Waals surface area contributed by atoms with E-state index in [0.29, 0.717) is 11.4 Å². The van der Waals surface area contributed by atoms with Gasteiger partial charge in [-0.1, -0.05) is 30.3 Å². The lowest BCUT2D eigenvalue weighted by atomic mass is 10.2. The van der Waals surface area contributed by atoms with Crippen molar-refractivity contribution in [2.75, 3.05) is 12.4 Å². The van der Waals surface area contributed by atoms with Crippen LogP contribution < -0.4 is 20.7 Å². The van der Waals surface area contributed by atoms with Gasteiger partial charge >= 0.3 is 6.03 Å². The molecule has 2 amide bonds. The highest BCUT2D eigenvalue weighted by Gasteiger charge is 2.09. The number of methoxy groups -OCH3 is 1. The summed E-state index contributed by atoms with van der Waals surface area (Å²) in [5.74, 6) is 0.706. The monoisotopic (exact) mass is 374 g/mol. The first-order chi connectivity index (χ1) is 13.7. The lowest BCUT2D eigenvalue weighted by Crippen LogP contribution is -2.34. The van der Waals surface area contributed by atoms with Crippen LogP contribution in [-0.2, 0) is 6.54 Å². The van der Waals surface area contributed by atoms with Crippen LogP contribution >= 0.6 is 0 Å². The number of carbonyl (C=O) groups excluding carboxylic acids is 1. The third-order valence-electron chi connectivity index (χ3n) is 3.50. The SMILES string of the molecule is COc1ccc(NC=N/C(C#N)=C(/C#N)NC(=O)NCc2ccccc2)cc1. The highest BCUT2D eigenvalue weighted by atomic mass is 16.5. The number of nitrogens with one attached hydrogen (secondary N) is 3. The Morgan fingerprint density at radius 2 is 1.82 bits per heavy atom. The fourth-order valence-electron chi connectivity index (χ4n) is 2.08. The van der Waals surface area contributed by atoms with Crippen molar-refractivity contribution in [1.82, 2.24) is 10.6 Å². The molecule has 0 saturated heterocycles. The molecule has 0 aliphatic carbocycles. The van der Waals surface area contributed by atoms with Crippen molar-refractivity contribution in [3.05, 3.63) is 71.6 Å². The largest absolute Gasteiger partial charge is 0.497 e. The van der Waals surface area contributed by atoms with Gasteiger partial charge in [-0.2, -0.15) is 10.5 Å². The van der Waals surface area contributed by atoms with E-state index in [1.807, 2.05) is 30.3 Å². The van der Waals surface area contributed by atoms with Crippen molar-refractivity contribution in [3.63, 3.8) is 0 Å². The molecule has 0 spiro atoms. The van der Waals surface area contributed by atoms with Crippen molar-refractivity contribution >= 4 is 18.1 Å². The van der Waals surface area contributed by atoms with Gasteiger partial charge in [-0.15, -0.1) is 0 Å². The number of carbonyl (C=O) groups is 1. The summed E-state index contributed by atoms with van der Waals surface area (Å²) in [6, 6.07) is 19.3. The molecule has 140 valence electrons. The van der Waals surface area contributed by atoms with Crippen LogP contribution in [0.15, 0.2) is 71.0 Å². The molecular formula is C20H18N6O2. The fourth-order valence-corrected chi connectivity index (χ4v) is 2.08. The first-order valence-corrected chi connectivity index (χ1v) is 8.22. The van der Waals surface area contributed by atoms with Gasteiger partial charge in [0.15, 0.2) is 11.4 Å². The van der Waals surface area contributed by atoms with Crippen LogP contribution in [0.5, 0.6) is 5.75 Å². The minimum absolute atomic E-state index is 0.224. The molecule has 0 atom stereocenters. The molecule has 28 heavy (non-hydrogen) atoms. The third-order valence-corrected chi connectivity index (χ3v) is 3.50. The lowest BCUT2D eigenvalue weighted by Gasteiger charge is -2.07. The molecule has 2 rings (SSSR count). The van der Waals surface area contributed by atoms with Crippen molar-refractivity contribution in [2.45, 2.75) is 6.54 Å². The summed E-state index contributed by atoms with van der Waals surface area (Å²) in [5.41, 5.74) is 1.15. The summed E-state index contributed by atoms with van der Waals surface area (Å²) >= 11 is 0. The van der Waals surface area contributed by atoms with Gasteiger partial charge in [-0.05, 0) is 29.8 Å². The summed E-state index contributed by atoms with van der Waals surface area (Å²) in [5, 5.41) is 26.3. The van der Waals surface area contributed by atoms with Crippen LogP contribution in [0, 0.1) is 22.7 Å². The minimum atomic E-state index is -0.605. The number of ether oxygens (including phenoxy) is 1. The molecule has 0 fully saturated rings. The van der Waals surface area contributed by atoms with E-state index in [0.717, 1.165) is 5.56 Å². The smallest absolute Gasteiger partial charge is 0.320 e. The molecular weight excluding hydrogens is 356 g/mol. The average molecular weight is 374 g/mol. The number of rotatable bonds is 7. The summed E-state index contributed by atoms with van der Waals surface area (Å²) in [7, 11) is 1.57. The van der Waals surface area contributed by atoms with Gasteiger partial charge in [0.05, 0.1) is 13.4 Å². The number of aliphatic imine (C=N–C) groups is 1. The predicted molar refractivity (Wildman–Crippen MR) is 105 cm³/mol. The summed E-state index contributed by atoms with van der Waals surface area (Å²) in [4.78, 5) is 15.9. The Hall–Kier alpha value is -4.30. The molecule has 0 aromatic heterocycles. The number of benzene rings is 2. The Labute approximate surface area is 162 Å². The first kappa shape index (κ1) is 20.0. The Balaban J connectivity index is 1.97. The van der Waals surface area contributed by atoms with Crippen molar-refractivity contribution < 1.29 is 9.53 Å². The zero-order valence-electron chi connectivity index (χ0n) is 15.1. The Kier molecular flexibility index (Phi) is 7.60. The molecule has 0 aliphatic heterocycles. The molecule has 8 heteroatoms. The number of nitriles is 2. The van der Waals surface area contributed by atoms with Crippen LogP contribution in [0.1, 0.15) is 5.56 Å². The van der Waals surface area contributed by atoms with E-state index >= 15 is 0 Å². The highest BCUT2D eigenvalue weighted by molar-refractivity contribution is 5.79. The number of hydrogen-bond acceptors (Lipinski definition) is 5. The van der Waals surface area contributed by atoms with E-state index in [1.165, 1.54) is 6.34 Å². The fraction of sp³-hybridized carbons (Fsp3) is 0.100. The quantitative estimate of drug-likeness (QED) is 0.391. The highest BCUT2D eigenvalue weighted by Crippen LogP contribution is 2.14. The van der Waals surface area contributed by atoms with Gasteiger partial charge in [0, 0.05) is 12.2 Å². The topological polar surface area (TPSA) is 122 Å². The first-order valence-electron chi connectivity index (χ1n) is 8.22. The number of amides is 2. The molecule has 2 aromatic carbocycles. The van der Waals surface area contributed by atoms with E-state index in [-0.39, 0.29) is 17.9 Å². The maximum absolute atomic E-state index is 12.0. The zero-order valence-corrected chi connectivity index (χ0v) is 15.1. The number of nitrogens with zero attached hydrogens (tertiary/aromatic N) is 3. The van der Waals surface area contributed by atoms with Gasteiger partial charge in [0.1, 0.15) is 17.9 Å². The third kappa shape index (κ3) is 6.21. The van der Waals surface area contributed by atoms with Crippen LogP contribution in [0.25, 0.3) is 0 Å². The van der Waals surface area contributed by atoms with Crippen molar-refractivity contribution in [2.24, 2.45) is 4.99 Å². The summed E-state index contributed by atoms with van der Waals surface area (Å²) in [6.45, 7) is 0.287. The van der Waals surface area contributed by atoms with E-state index in [9.17, 15) is 15.3 Å². The van der Waals surface area contributed by atoms with E-state index in [4.69, 9.17) is 4.74 Å². The lowest BCUT2D eigenvalue weighted by molar-refractivity contribution is 0.243. The molecule has 0 unspecified atom stereocenters. The second-order valence-electron chi connectivity index (χ2n) is 5.37. The van der Waals surface area contributed by atoms with Crippen LogP contribution in [0.2, 0.25) is 0 Å². The van der Waals surface area contributed by atoms with E-state index < -0.39 is 6.03 Å². The van der Waals surface area contributed by atoms with Gasteiger partial charge in [-0.3, -0.25) is 5.32 Å². The Bertz CT molecular complexity index is 937. The van der Waals surface area contributed by atoms with Crippen LogP contribution in [-0.4, -0.2) is 19.5 Å². The minimum Gasteiger partial charge on any atom is -0.497 e. The zero-order chi connectivity index (χ0) is 20.2. The maximum Gasteiger partial charge on any atom is 0.320 e. The molecule has 3 N–H and O–H groups in total. The Morgan fingerprint density at radius 3 is 2.43 bits per heavy atom. The molecule has 0 aliphatic rings. The number of hydrogen-bond donors (Lipinski definition) is 3. The van der Waals surface area contributed by atoms with Gasteiger partial charge in [-0.25, -0.2) is 9.79 Å². The molecule has 0 saturated carbocycles. The number of urea groups is 1. The number of anilines is 1. The second kappa shape index (κ2) is 10.6. The van der Waals surface area contributed by atoms with Gasteiger partial charge in [0.25, 0.3) is 0 Å². The van der Waals surface area contributed by atoms with Gasteiger partial charge in [0.2, 0.25) is 0 Å². The van der Waals surface area contributed by atoms with E-state index in [1.54, 1.807) is 43.5 Å². The Morgan fingerprint density at radius 1 is 1.11 bits per heavy atom. The number of allylic oxidation sites excluding steroid dienone is 2. The maximum atomic E-state index is 12.0. The molecule has 0 bridgehead atoms. The normalized spacial score (nSPS) is 11.0.